The van der Waals surface area contributed by atoms with Gasteiger partial charge in [0.15, 0.2) is 6.61 Å². The van der Waals surface area contributed by atoms with E-state index in [1.165, 1.54) is 17.7 Å². The normalized spacial score (nSPS) is 17.9. The Morgan fingerprint density at radius 2 is 2.04 bits per heavy atom. The average Bonchev–Trinajstić information content (AvgIpc) is 3.45. The summed E-state index contributed by atoms with van der Waals surface area (Å²) in [5.41, 5.74) is 2.02. The Labute approximate surface area is 163 Å². The van der Waals surface area contributed by atoms with Crippen LogP contribution < -0.4 is 20.1 Å². The maximum absolute atomic E-state index is 11.5. The molecule has 1 heterocycles. The fourth-order valence-electron chi connectivity index (χ4n) is 3.59. The number of amides is 1. The van der Waals surface area contributed by atoms with Crippen molar-refractivity contribution in [3.05, 3.63) is 47.5 Å². The number of carbonyl (C=O) groups is 1. The predicted octanol–water partition coefficient (Wildman–Crippen LogP) is 2.13. The molecule has 0 spiro atoms. The van der Waals surface area contributed by atoms with Crippen molar-refractivity contribution in [1.29, 1.82) is 0 Å². The fraction of sp³-hybridized carbons (Fsp3) is 0.381. The molecule has 1 amide bonds. The maximum atomic E-state index is 11.5. The molecule has 1 saturated carbocycles. The highest BCUT2D eigenvalue weighted by atomic mass is 16.5. The minimum Gasteiger partial charge on any atom is -0.508 e. The topological polar surface area (TPSA) is 100 Å². The van der Waals surface area contributed by atoms with E-state index in [9.17, 15) is 15.0 Å². The highest BCUT2D eigenvalue weighted by Crippen LogP contribution is 2.41. The van der Waals surface area contributed by atoms with Gasteiger partial charge in [-0.05, 0) is 43.0 Å². The monoisotopic (exact) mass is 384 g/mol. The summed E-state index contributed by atoms with van der Waals surface area (Å²) in [6.07, 6.45) is 2.07. The number of rotatable bonds is 7. The zero-order valence-electron chi connectivity index (χ0n) is 15.7. The highest BCUT2D eigenvalue weighted by Gasteiger charge is 2.42. The number of ether oxygens (including phenoxy) is 2. The van der Waals surface area contributed by atoms with Crippen molar-refractivity contribution in [2.24, 2.45) is 0 Å². The first-order chi connectivity index (χ1) is 13.5. The quantitative estimate of drug-likeness (QED) is 0.584. The van der Waals surface area contributed by atoms with Crippen LogP contribution in [0.25, 0.3) is 0 Å². The van der Waals surface area contributed by atoms with Crippen LogP contribution in [0.15, 0.2) is 36.4 Å². The lowest BCUT2D eigenvalue weighted by Gasteiger charge is -2.25. The molecule has 2 aliphatic rings. The van der Waals surface area contributed by atoms with Crippen LogP contribution >= 0.6 is 0 Å². The lowest BCUT2D eigenvalue weighted by atomic mass is 10.0. The summed E-state index contributed by atoms with van der Waals surface area (Å²) in [6, 6.07) is 10.9. The van der Waals surface area contributed by atoms with E-state index in [1.807, 2.05) is 12.1 Å². The van der Waals surface area contributed by atoms with Gasteiger partial charge in [-0.1, -0.05) is 12.1 Å². The Balaban J connectivity index is 1.43. The van der Waals surface area contributed by atoms with Crippen LogP contribution in [0.1, 0.15) is 30.1 Å². The van der Waals surface area contributed by atoms with Gasteiger partial charge in [0.25, 0.3) is 5.91 Å². The number of methoxy groups -OCH3 is 1. The minimum absolute atomic E-state index is 0.0263. The van der Waals surface area contributed by atoms with Crippen molar-refractivity contribution in [3.63, 3.8) is 0 Å². The summed E-state index contributed by atoms with van der Waals surface area (Å²) in [5, 5.41) is 26.8. The minimum atomic E-state index is -0.871. The Hall–Kier alpha value is -2.77. The Morgan fingerprint density at radius 3 is 2.71 bits per heavy atom. The molecule has 148 valence electrons. The number of aliphatic hydroxyl groups is 1. The van der Waals surface area contributed by atoms with Crippen molar-refractivity contribution in [1.82, 2.24) is 5.32 Å². The maximum Gasteiger partial charge on any atom is 0.262 e. The number of benzene rings is 2. The molecule has 2 aromatic rings. The molecule has 4 rings (SSSR count). The number of fused-ring (bicyclic) bond motifs is 1. The lowest BCUT2D eigenvalue weighted by Crippen LogP contribution is -2.37. The van der Waals surface area contributed by atoms with Crippen molar-refractivity contribution >= 4 is 11.6 Å². The summed E-state index contributed by atoms with van der Waals surface area (Å²) in [7, 11) is 1.65. The Morgan fingerprint density at radius 1 is 1.29 bits per heavy atom. The van der Waals surface area contributed by atoms with Crippen LogP contribution in [0.4, 0.5) is 5.69 Å². The third-order valence-corrected chi connectivity index (χ3v) is 5.31. The molecule has 0 radical (unpaired) electrons. The first-order valence-electron chi connectivity index (χ1n) is 9.34. The molecule has 7 heteroatoms. The highest BCUT2D eigenvalue weighted by molar-refractivity contribution is 5.96. The van der Waals surface area contributed by atoms with Crippen molar-refractivity contribution in [2.75, 3.05) is 25.6 Å². The van der Waals surface area contributed by atoms with E-state index in [0.717, 1.165) is 25.0 Å². The van der Waals surface area contributed by atoms with Crippen LogP contribution in [0, 0.1) is 0 Å². The summed E-state index contributed by atoms with van der Waals surface area (Å²) in [4.78, 5) is 11.5. The molecule has 1 unspecified atom stereocenters. The number of nitrogens with one attached hydrogen (secondary N) is 2. The van der Waals surface area contributed by atoms with Crippen molar-refractivity contribution < 1.29 is 24.5 Å². The number of hydrogen-bond acceptors (Lipinski definition) is 6. The van der Waals surface area contributed by atoms with Gasteiger partial charge in [0, 0.05) is 23.7 Å². The number of aromatic hydroxyl groups is 1. The third kappa shape index (κ3) is 3.90. The van der Waals surface area contributed by atoms with Gasteiger partial charge >= 0.3 is 0 Å². The largest absolute Gasteiger partial charge is 0.508 e. The molecule has 7 nitrogen and oxygen atoms in total. The summed E-state index contributed by atoms with van der Waals surface area (Å²) < 4.78 is 10.7. The molecule has 4 N–H and O–H groups in total. The van der Waals surface area contributed by atoms with Gasteiger partial charge in [-0.25, -0.2) is 0 Å². The van der Waals surface area contributed by atoms with Crippen LogP contribution in [0.2, 0.25) is 0 Å². The second-order valence-electron chi connectivity index (χ2n) is 7.45. The zero-order valence-corrected chi connectivity index (χ0v) is 15.7. The smallest absolute Gasteiger partial charge is 0.262 e. The first-order valence-corrected chi connectivity index (χ1v) is 9.34. The van der Waals surface area contributed by atoms with Gasteiger partial charge < -0.3 is 30.3 Å². The Bertz CT molecular complexity index is 877. The molecule has 2 aromatic carbocycles. The third-order valence-electron chi connectivity index (χ3n) is 5.31. The summed E-state index contributed by atoms with van der Waals surface area (Å²) in [5.74, 6) is 0.926. The number of hydrogen-bond donors (Lipinski definition) is 4. The van der Waals surface area contributed by atoms with E-state index >= 15 is 0 Å². The lowest BCUT2D eigenvalue weighted by molar-refractivity contribution is -0.118. The summed E-state index contributed by atoms with van der Waals surface area (Å²) >= 11 is 0. The molecule has 1 fully saturated rings. The summed E-state index contributed by atoms with van der Waals surface area (Å²) in [6.45, 7) is 0.218. The van der Waals surface area contributed by atoms with Crippen molar-refractivity contribution in [3.8, 4) is 17.2 Å². The van der Waals surface area contributed by atoms with Gasteiger partial charge in [0.1, 0.15) is 17.2 Å². The van der Waals surface area contributed by atoms with E-state index in [4.69, 9.17) is 9.47 Å². The van der Waals surface area contributed by atoms with Gasteiger partial charge in [-0.3, -0.25) is 4.79 Å². The zero-order chi connectivity index (χ0) is 19.7. The number of phenolic OH excluding ortho intramolecular Hbond substituents is 1. The van der Waals surface area contributed by atoms with Gasteiger partial charge in [0.05, 0.1) is 18.9 Å². The van der Waals surface area contributed by atoms with Crippen LogP contribution in [-0.2, 0) is 11.2 Å². The van der Waals surface area contributed by atoms with Crippen LogP contribution in [-0.4, -0.2) is 41.9 Å². The molecule has 0 saturated heterocycles. The number of aliphatic hydroxyl groups excluding tert-OH is 1. The fourth-order valence-corrected chi connectivity index (χ4v) is 3.59. The number of carbonyl (C=O) groups excluding carboxylic acids is 1. The van der Waals surface area contributed by atoms with E-state index in [-0.39, 0.29) is 23.8 Å². The van der Waals surface area contributed by atoms with E-state index < -0.39 is 6.10 Å². The van der Waals surface area contributed by atoms with Gasteiger partial charge in [0.2, 0.25) is 0 Å². The SMILES string of the molecule is COc1ccc(CC2(NCC(O)c3cc(O)cc4c3OCC(=O)N4)CC2)cc1. The predicted molar refractivity (Wildman–Crippen MR) is 104 cm³/mol. The average molecular weight is 384 g/mol. The van der Waals surface area contributed by atoms with Gasteiger partial charge in [-0.15, -0.1) is 0 Å². The first kappa shape index (κ1) is 18.6. The standard InChI is InChI=1S/C21H24N2O5/c1-27-15-4-2-13(3-5-15)10-21(6-7-21)22-11-18(25)16-8-14(24)9-17-20(16)28-12-19(26)23-17/h2-5,8-9,18,22,24-25H,6-7,10-12H2,1H3,(H,23,26). The molecule has 1 aliphatic carbocycles. The van der Waals surface area contributed by atoms with E-state index in [1.54, 1.807) is 7.11 Å². The molecular formula is C21H24N2O5. The second-order valence-corrected chi connectivity index (χ2v) is 7.45. The molecule has 0 aromatic heterocycles. The van der Waals surface area contributed by atoms with Crippen LogP contribution in [0.3, 0.4) is 0 Å². The number of β-amino-alcohol motifs (C(OH)–C–C–N with tert-alkyl or cyclic N) is 1. The molecule has 1 atom stereocenters. The van der Waals surface area contributed by atoms with Crippen LogP contribution in [0.5, 0.6) is 17.2 Å². The second kappa shape index (κ2) is 7.33. The molecule has 28 heavy (non-hydrogen) atoms. The van der Waals surface area contributed by atoms with E-state index in [2.05, 4.69) is 22.8 Å². The van der Waals surface area contributed by atoms with Crippen molar-refractivity contribution in [2.45, 2.75) is 30.9 Å². The number of anilines is 1. The molecule has 0 bridgehead atoms. The molecule has 1 aliphatic heterocycles. The molecular weight excluding hydrogens is 360 g/mol. The Kier molecular flexibility index (Phi) is 4.87. The number of phenols is 1. The van der Waals surface area contributed by atoms with Gasteiger partial charge in [-0.2, -0.15) is 0 Å². The van der Waals surface area contributed by atoms with E-state index in [0.29, 0.717) is 23.5 Å².